The Hall–Kier alpha value is -0.120. The minimum atomic E-state index is 0.338. The molecule has 3 heteroatoms. The van der Waals surface area contributed by atoms with E-state index in [9.17, 15) is 0 Å². The molecule has 4 atom stereocenters. The summed E-state index contributed by atoms with van der Waals surface area (Å²) in [6, 6.07) is 1.10. The maximum absolute atomic E-state index is 6.18. The van der Waals surface area contributed by atoms with Crippen molar-refractivity contribution in [2.75, 3.05) is 26.8 Å². The van der Waals surface area contributed by atoms with Gasteiger partial charge in [0, 0.05) is 31.2 Å². The van der Waals surface area contributed by atoms with E-state index < -0.39 is 0 Å². The van der Waals surface area contributed by atoms with Gasteiger partial charge in [-0.3, -0.25) is 0 Å². The van der Waals surface area contributed by atoms with E-state index >= 15 is 0 Å². The van der Waals surface area contributed by atoms with Gasteiger partial charge in [0.05, 0.1) is 6.61 Å². The Morgan fingerprint density at radius 1 is 1.24 bits per heavy atom. The monoisotopic (exact) mass is 240 g/mol. The lowest BCUT2D eigenvalue weighted by molar-refractivity contribution is 0.0160. The van der Waals surface area contributed by atoms with Crippen LogP contribution in [0.3, 0.4) is 0 Å². The lowest BCUT2D eigenvalue weighted by atomic mass is 9.84. The summed E-state index contributed by atoms with van der Waals surface area (Å²) in [7, 11) is 2.27. The number of nitrogens with two attached hydrogens (primary N) is 1. The second-order valence-electron chi connectivity index (χ2n) is 6.06. The molecule has 2 N–H and O–H groups in total. The van der Waals surface area contributed by atoms with Crippen LogP contribution >= 0.6 is 0 Å². The quantitative estimate of drug-likeness (QED) is 0.818. The summed E-state index contributed by atoms with van der Waals surface area (Å²) >= 11 is 0. The van der Waals surface area contributed by atoms with Gasteiger partial charge >= 0.3 is 0 Å². The first kappa shape index (κ1) is 13.3. The summed E-state index contributed by atoms with van der Waals surface area (Å²) < 4.78 is 5.56. The minimum absolute atomic E-state index is 0.338. The van der Waals surface area contributed by atoms with Crippen molar-refractivity contribution in [2.45, 2.75) is 51.1 Å². The highest BCUT2D eigenvalue weighted by Crippen LogP contribution is 2.28. The van der Waals surface area contributed by atoms with Gasteiger partial charge < -0.3 is 15.4 Å². The first-order chi connectivity index (χ1) is 8.18. The lowest BCUT2D eigenvalue weighted by Gasteiger charge is -2.40. The average Bonchev–Trinajstić information content (AvgIpc) is 2.32. The molecule has 100 valence electrons. The number of nitrogens with zero attached hydrogens (tertiary/aromatic N) is 1. The Labute approximate surface area is 106 Å². The highest BCUT2D eigenvalue weighted by atomic mass is 16.5. The van der Waals surface area contributed by atoms with Crippen molar-refractivity contribution in [3.63, 3.8) is 0 Å². The van der Waals surface area contributed by atoms with Crippen LogP contribution in [0.25, 0.3) is 0 Å². The second kappa shape index (κ2) is 6.17. The number of ether oxygens (including phenoxy) is 1. The summed E-state index contributed by atoms with van der Waals surface area (Å²) in [6.45, 7) is 5.21. The van der Waals surface area contributed by atoms with Gasteiger partial charge in [-0.05, 0) is 32.2 Å². The van der Waals surface area contributed by atoms with Crippen molar-refractivity contribution in [1.29, 1.82) is 0 Å². The molecule has 1 aliphatic heterocycles. The van der Waals surface area contributed by atoms with Crippen molar-refractivity contribution < 1.29 is 4.74 Å². The van der Waals surface area contributed by atoms with Gasteiger partial charge in [-0.2, -0.15) is 0 Å². The molecule has 0 amide bonds. The molecule has 2 fully saturated rings. The smallest absolute Gasteiger partial charge is 0.0521 e. The number of hydrogen-bond donors (Lipinski definition) is 1. The molecule has 4 unspecified atom stereocenters. The standard InChI is InChI=1S/C14H28N2O/c1-11-5-3-4-6-14(11)16(2)9-12-10-17-8-7-13(12)15/h11-14H,3-10,15H2,1-2H3. The van der Waals surface area contributed by atoms with E-state index in [0.717, 1.165) is 38.1 Å². The van der Waals surface area contributed by atoms with Crippen LogP contribution in [-0.4, -0.2) is 43.8 Å². The van der Waals surface area contributed by atoms with Crippen molar-refractivity contribution >= 4 is 0 Å². The van der Waals surface area contributed by atoms with Gasteiger partial charge in [0.15, 0.2) is 0 Å². The molecule has 3 nitrogen and oxygen atoms in total. The molecule has 1 heterocycles. The molecule has 1 saturated heterocycles. The fourth-order valence-corrected chi connectivity index (χ4v) is 3.46. The highest BCUT2D eigenvalue weighted by molar-refractivity contribution is 4.84. The Morgan fingerprint density at radius 3 is 2.71 bits per heavy atom. The Morgan fingerprint density at radius 2 is 2.00 bits per heavy atom. The zero-order valence-corrected chi connectivity index (χ0v) is 11.4. The summed E-state index contributed by atoms with van der Waals surface area (Å²) in [5.41, 5.74) is 6.18. The molecule has 0 spiro atoms. The third kappa shape index (κ3) is 3.43. The van der Waals surface area contributed by atoms with E-state index in [1.807, 2.05) is 0 Å². The molecule has 0 bridgehead atoms. The van der Waals surface area contributed by atoms with Crippen LogP contribution in [0, 0.1) is 11.8 Å². The maximum Gasteiger partial charge on any atom is 0.0521 e. The first-order valence-electron chi connectivity index (χ1n) is 7.22. The zero-order valence-electron chi connectivity index (χ0n) is 11.4. The molecule has 1 aliphatic carbocycles. The summed E-state index contributed by atoms with van der Waals surface area (Å²) in [4.78, 5) is 2.54. The largest absolute Gasteiger partial charge is 0.381 e. The van der Waals surface area contributed by atoms with Gasteiger partial charge in [-0.15, -0.1) is 0 Å². The Bertz CT molecular complexity index is 234. The first-order valence-corrected chi connectivity index (χ1v) is 7.22. The van der Waals surface area contributed by atoms with Crippen LogP contribution in [0.1, 0.15) is 39.0 Å². The van der Waals surface area contributed by atoms with Gasteiger partial charge in [-0.1, -0.05) is 19.8 Å². The molecule has 0 radical (unpaired) electrons. The molecule has 2 aliphatic rings. The van der Waals surface area contributed by atoms with E-state index in [1.54, 1.807) is 0 Å². The third-order valence-electron chi connectivity index (χ3n) is 4.69. The molecule has 1 saturated carbocycles. The SMILES string of the molecule is CC1CCCCC1N(C)CC1COCCC1N. The van der Waals surface area contributed by atoms with E-state index in [-0.39, 0.29) is 0 Å². The fraction of sp³-hybridized carbons (Fsp3) is 1.00. The highest BCUT2D eigenvalue weighted by Gasteiger charge is 2.29. The molecule has 0 aromatic rings. The predicted molar refractivity (Wildman–Crippen MR) is 71.0 cm³/mol. The van der Waals surface area contributed by atoms with Gasteiger partial charge in [0.1, 0.15) is 0 Å². The third-order valence-corrected chi connectivity index (χ3v) is 4.69. The van der Waals surface area contributed by atoms with Crippen LogP contribution in [0.5, 0.6) is 0 Å². The Kier molecular flexibility index (Phi) is 4.83. The van der Waals surface area contributed by atoms with Crippen LogP contribution in [-0.2, 0) is 4.74 Å². The summed E-state index contributed by atoms with van der Waals surface area (Å²) in [6.07, 6.45) is 6.59. The Balaban J connectivity index is 1.84. The molecule has 2 rings (SSSR count). The molecule has 0 aromatic heterocycles. The topological polar surface area (TPSA) is 38.5 Å². The van der Waals surface area contributed by atoms with Gasteiger partial charge in [-0.25, -0.2) is 0 Å². The fourth-order valence-electron chi connectivity index (χ4n) is 3.46. The zero-order chi connectivity index (χ0) is 12.3. The molecule has 0 aromatic carbocycles. The summed E-state index contributed by atoms with van der Waals surface area (Å²) in [5, 5.41) is 0. The van der Waals surface area contributed by atoms with Crippen LogP contribution in [0.2, 0.25) is 0 Å². The maximum atomic E-state index is 6.18. The van der Waals surface area contributed by atoms with Crippen molar-refractivity contribution in [2.24, 2.45) is 17.6 Å². The predicted octanol–water partition coefficient (Wildman–Crippen LogP) is 1.86. The van der Waals surface area contributed by atoms with E-state index in [0.29, 0.717) is 12.0 Å². The van der Waals surface area contributed by atoms with Gasteiger partial charge in [0.25, 0.3) is 0 Å². The van der Waals surface area contributed by atoms with Crippen molar-refractivity contribution in [3.05, 3.63) is 0 Å². The number of rotatable bonds is 3. The van der Waals surface area contributed by atoms with Crippen LogP contribution < -0.4 is 5.73 Å². The lowest BCUT2D eigenvalue weighted by Crippen LogP contribution is -2.48. The van der Waals surface area contributed by atoms with Crippen LogP contribution in [0.15, 0.2) is 0 Å². The van der Waals surface area contributed by atoms with Gasteiger partial charge in [0.2, 0.25) is 0 Å². The van der Waals surface area contributed by atoms with Crippen molar-refractivity contribution in [3.8, 4) is 0 Å². The van der Waals surface area contributed by atoms with E-state index in [2.05, 4.69) is 18.9 Å². The summed E-state index contributed by atoms with van der Waals surface area (Å²) in [5.74, 6) is 1.37. The average molecular weight is 240 g/mol. The molecular weight excluding hydrogens is 212 g/mol. The minimum Gasteiger partial charge on any atom is -0.381 e. The van der Waals surface area contributed by atoms with Crippen LogP contribution in [0.4, 0.5) is 0 Å². The van der Waals surface area contributed by atoms with Crippen molar-refractivity contribution in [1.82, 2.24) is 4.90 Å². The number of hydrogen-bond acceptors (Lipinski definition) is 3. The van der Waals surface area contributed by atoms with E-state index in [4.69, 9.17) is 10.5 Å². The second-order valence-corrected chi connectivity index (χ2v) is 6.06. The van der Waals surface area contributed by atoms with E-state index in [1.165, 1.54) is 25.7 Å². The molecule has 17 heavy (non-hydrogen) atoms. The normalized spacial score (nSPS) is 39.5. The molecular formula is C14H28N2O.